The number of likely N-dealkylation sites (N-methyl/N-ethyl adjacent to an activating group) is 2. The van der Waals surface area contributed by atoms with Gasteiger partial charge in [-0.25, -0.2) is 4.79 Å². The number of rotatable bonds is 1. The van der Waals surface area contributed by atoms with Crippen LogP contribution in [0.1, 0.15) is 12.5 Å². The summed E-state index contributed by atoms with van der Waals surface area (Å²) in [6.45, 7) is 5.30. The van der Waals surface area contributed by atoms with Gasteiger partial charge in [-0.1, -0.05) is 6.07 Å². The molecule has 19 heavy (non-hydrogen) atoms. The predicted octanol–water partition coefficient (Wildman–Crippen LogP) is 1.21. The van der Waals surface area contributed by atoms with Crippen molar-refractivity contribution < 1.29 is 4.42 Å². The molecule has 1 atom stereocenters. The lowest BCUT2D eigenvalue weighted by Crippen LogP contribution is -2.56. The largest absolute Gasteiger partial charge is 0.417 e. The van der Waals surface area contributed by atoms with E-state index in [1.54, 1.807) is 0 Å². The second kappa shape index (κ2) is 4.21. The number of H-pyrrole nitrogens is 1. The first-order chi connectivity index (χ1) is 8.99. The molecule has 2 heterocycles. The van der Waals surface area contributed by atoms with Gasteiger partial charge in [-0.05, 0) is 38.7 Å². The summed E-state index contributed by atoms with van der Waals surface area (Å²) in [7, 11) is 4.28. The molecule has 0 amide bonds. The molecular formula is C14H19N3O2. The average Bonchev–Trinajstić information content (AvgIpc) is 2.73. The van der Waals surface area contributed by atoms with E-state index in [2.05, 4.69) is 41.9 Å². The van der Waals surface area contributed by atoms with Crippen LogP contribution in [0.3, 0.4) is 0 Å². The van der Waals surface area contributed by atoms with Crippen molar-refractivity contribution in [3.8, 4) is 0 Å². The second-order valence-corrected chi connectivity index (χ2v) is 5.66. The number of piperazine rings is 1. The van der Waals surface area contributed by atoms with Crippen molar-refractivity contribution in [3.63, 3.8) is 0 Å². The van der Waals surface area contributed by atoms with Crippen molar-refractivity contribution in [3.05, 3.63) is 34.3 Å². The molecule has 0 aliphatic carbocycles. The van der Waals surface area contributed by atoms with Crippen LogP contribution in [0.2, 0.25) is 0 Å². The molecule has 102 valence electrons. The van der Waals surface area contributed by atoms with Crippen molar-refractivity contribution in [2.75, 3.05) is 33.7 Å². The quantitative estimate of drug-likeness (QED) is 0.838. The summed E-state index contributed by atoms with van der Waals surface area (Å²) >= 11 is 0. The van der Waals surface area contributed by atoms with Crippen LogP contribution in [0.5, 0.6) is 0 Å². The fourth-order valence-electron chi connectivity index (χ4n) is 2.88. The van der Waals surface area contributed by atoms with Gasteiger partial charge in [-0.2, -0.15) is 0 Å². The summed E-state index contributed by atoms with van der Waals surface area (Å²) in [6, 6.07) is 5.97. The van der Waals surface area contributed by atoms with Crippen molar-refractivity contribution >= 4 is 11.1 Å². The Hall–Kier alpha value is -1.59. The van der Waals surface area contributed by atoms with E-state index in [0.717, 1.165) is 25.2 Å². The van der Waals surface area contributed by atoms with Gasteiger partial charge in [0.2, 0.25) is 0 Å². The Morgan fingerprint density at radius 3 is 2.89 bits per heavy atom. The molecule has 1 aliphatic rings. The molecule has 1 aliphatic heterocycles. The maximum atomic E-state index is 11.2. The number of oxazole rings is 1. The summed E-state index contributed by atoms with van der Waals surface area (Å²) in [5.74, 6) is -0.397. The fraction of sp³-hybridized carbons (Fsp3) is 0.500. The Kier molecular flexibility index (Phi) is 2.76. The number of nitrogens with one attached hydrogen (secondary N) is 1. The SMILES string of the molecule is CN1CCN(C)C(C)(c2ccc3[nH]c(=O)oc3c2)C1. The van der Waals surface area contributed by atoms with Crippen LogP contribution < -0.4 is 5.76 Å². The minimum atomic E-state index is -0.397. The fourth-order valence-corrected chi connectivity index (χ4v) is 2.88. The Bertz CT molecular complexity index is 660. The first-order valence-corrected chi connectivity index (χ1v) is 6.52. The smallest absolute Gasteiger partial charge is 0.408 e. The zero-order valence-electron chi connectivity index (χ0n) is 11.6. The summed E-state index contributed by atoms with van der Waals surface area (Å²) < 4.78 is 5.16. The Morgan fingerprint density at radius 1 is 1.32 bits per heavy atom. The molecule has 5 heteroatoms. The molecule has 1 aromatic heterocycles. The van der Waals surface area contributed by atoms with E-state index >= 15 is 0 Å². The highest BCUT2D eigenvalue weighted by atomic mass is 16.4. The molecule has 1 N–H and O–H groups in total. The van der Waals surface area contributed by atoms with Crippen LogP contribution in [0.25, 0.3) is 11.1 Å². The van der Waals surface area contributed by atoms with Gasteiger partial charge >= 0.3 is 5.76 Å². The molecule has 0 saturated carbocycles. The molecule has 2 aromatic rings. The summed E-state index contributed by atoms with van der Waals surface area (Å²) in [6.07, 6.45) is 0. The lowest BCUT2D eigenvalue weighted by molar-refractivity contribution is 0.0380. The maximum Gasteiger partial charge on any atom is 0.417 e. The molecule has 0 radical (unpaired) electrons. The first kappa shape index (κ1) is 12.4. The van der Waals surface area contributed by atoms with Crippen molar-refractivity contribution in [1.29, 1.82) is 0 Å². The number of benzene rings is 1. The minimum Gasteiger partial charge on any atom is -0.408 e. The third kappa shape index (κ3) is 1.99. The van der Waals surface area contributed by atoms with E-state index in [-0.39, 0.29) is 5.54 Å². The highest BCUT2D eigenvalue weighted by Crippen LogP contribution is 2.31. The first-order valence-electron chi connectivity index (χ1n) is 6.52. The van der Waals surface area contributed by atoms with Gasteiger partial charge in [0.25, 0.3) is 0 Å². The van der Waals surface area contributed by atoms with E-state index in [4.69, 9.17) is 4.42 Å². The zero-order chi connectivity index (χ0) is 13.6. The molecular weight excluding hydrogens is 242 g/mol. The average molecular weight is 261 g/mol. The van der Waals surface area contributed by atoms with E-state index in [1.165, 1.54) is 5.56 Å². The molecule has 5 nitrogen and oxygen atoms in total. The summed E-state index contributed by atoms with van der Waals surface area (Å²) in [4.78, 5) is 18.6. The number of fused-ring (bicyclic) bond motifs is 1. The van der Waals surface area contributed by atoms with Crippen LogP contribution in [-0.2, 0) is 5.54 Å². The van der Waals surface area contributed by atoms with Crippen molar-refractivity contribution in [2.24, 2.45) is 0 Å². The molecule has 0 spiro atoms. The highest BCUT2D eigenvalue weighted by molar-refractivity contribution is 5.73. The molecule has 0 bridgehead atoms. The zero-order valence-corrected chi connectivity index (χ0v) is 11.6. The van der Waals surface area contributed by atoms with Gasteiger partial charge in [0.1, 0.15) is 0 Å². The van der Waals surface area contributed by atoms with Gasteiger partial charge < -0.3 is 9.32 Å². The van der Waals surface area contributed by atoms with E-state index in [1.807, 2.05) is 12.1 Å². The molecule has 1 aromatic carbocycles. The van der Waals surface area contributed by atoms with E-state index < -0.39 is 5.76 Å². The van der Waals surface area contributed by atoms with Crippen LogP contribution in [0, 0.1) is 0 Å². The molecule has 1 unspecified atom stereocenters. The number of aromatic amines is 1. The number of aromatic nitrogens is 1. The number of hydrogen-bond donors (Lipinski definition) is 1. The minimum absolute atomic E-state index is 0.0585. The van der Waals surface area contributed by atoms with Crippen LogP contribution in [-0.4, -0.2) is 48.5 Å². The lowest BCUT2D eigenvalue weighted by Gasteiger charge is -2.46. The van der Waals surface area contributed by atoms with Crippen molar-refractivity contribution in [1.82, 2.24) is 14.8 Å². The highest BCUT2D eigenvalue weighted by Gasteiger charge is 2.36. The normalized spacial score (nSPS) is 26.1. The summed E-state index contributed by atoms with van der Waals surface area (Å²) in [5.41, 5.74) is 2.50. The summed E-state index contributed by atoms with van der Waals surface area (Å²) in [5, 5.41) is 0. The molecule has 3 rings (SSSR count). The van der Waals surface area contributed by atoms with E-state index in [9.17, 15) is 4.79 Å². The van der Waals surface area contributed by atoms with Gasteiger partial charge in [-0.15, -0.1) is 0 Å². The van der Waals surface area contributed by atoms with Crippen LogP contribution in [0.15, 0.2) is 27.4 Å². The van der Waals surface area contributed by atoms with Gasteiger partial charge in [-0.3, -0.25) is 9.88 Å². The number of nitrogens with zero attached hydrogens (tertiary/aromatic N) is 2. The van der Waals surface area contributed by atoms with Crippen LogP contribution >= 0.6 is 0 Å². The Morgan fingerprint density at radius 2 is 2.11 bits per heavy atom. The number of hydrogen-bond acceptors (Lipinski definition) is 4. The Balaban J connectivity index is 2.08. The lowest BCUT2D eigenvalue weighted by atomic mass is 9.88. The van der Waals surface area contributed by atoms with E-state index in [0.29, 0.717) is 5.58 Å². The van der Waals surface area contributed by atoms with Gasteiger partial charge in [0.15, 0.2) is 5.58 Å². The van der Waals surface area contributed by atoms with Crippen LogP contribution in [0.4, 0.5) is 0 Å². The molecule has 1 saturated heterocycles. The molecule has 1 fully saturated rings. The van der Waals surface area contributed by atoms with Gasteiger partial charge in [0.05, 0.1) is 11.1 Å². The second-order valence-electron chi connectivity index (χ2n) is 5.66. The van der Waals surface area contributed by atoms with Gasteiger partial charge in [0, 0.05) is 19.6 Å². The van der Waals surface area contributed by atoms with Crippen molar-refractivity contribution in [2.45, 2.75) is 12.5 Å². The third-order valence-corrected chi connectivity index (χ3v) is 4.28. The monoisotopic (exact) mass is 261 g/mol. The Labute approximate surface area is 111 Å². The maximum absolute atomic E-state index is 11.2. The topological polar surface area (TPSA) is 52.5 Å². The standard InChI is InChI=1S/C14H19N3O2/c1-14(9-16(2)6-7-17(14)3)10-4-5-11-12(8-10)19-13(18)15-11/h4-5,8H,6-7,9H2,1-3H3,(H,15,18). The predicted molar refractivity (Wildman–Crippen MR) is 74.3 cm³/mol. The third-order valence-electron chi connectivity index (χ3n) is 4.28.